The maximum atomic E-state index is 14.5. The topological polar surface area (TPSA) is 52.6 Å². The number of halogens is 2. The van der Waals surface area contributed by atoms with Crippen molar-refractivity contribution in [3.8, 4) is 11.1 Å². The highest BCUT2D eigenvalue weighted by atomic mass is 19.1. The second-order valence-corrected chi connectivity index (χ2v) is 5.50. The zero-order valence-corrected chi connectivity index (χ0v) is 13.6. The zero-order valence-electron chi connectivity index (χ0n) is 13.6. The van der Waals surface area contributed by atoms with Gasteiger partial charge in [0.15, 0.2) is 0 Å². The van der Waals surface area contributed by atoms with E-state index in [1.165, 1.54) is 17.0 Å². The van der Waals surface area contributed by atoms with Crippen LogP contribution in [0.25, 0.3) is 11.1 Å². The Morgan fingerprint density at radius 3 is 2.42 bits per heavy atom. The van der Waals surface area contributed by atoms with E-state index in [1.54, 1.807) is 26.2 Å². The van der Waals surface area contributed by atoms with Crippen LogP contribution in [0.15, 0.2) is 36.4 Å². The van der Waals surface area contributed by atoms with Crippen LogP contribution in [0.2, 0.25) is 0 Å². The molecule has 0 heterocycles. The number of carboxylic acid groups (broad SMARTS) is 1. The van der Waals surface area contributed by atoms with Crippen molar-refractivity contribution in [2.24, 2.45) is 0 Å². The van der Waals surface area contributed by atoms with Gasteiger partial charge in [0, 0.05) is 38.3 Å². The molecule has 0 bridgehead atoms. The van der Waals surface area contributed by atoms with Gasteiger partial charge in [-0.1, -0.05) is 18.2 Å². The number of benzene rings is 2. The minimum absolute atomic E-state index is 0.0405. The lowest BCUT2D eigenvalue weighted by molar-refractivity contribution is -0.137. The van der Waals surface area contributed by atoms with Crippen LogP contribution < -0.4 is 10.2 Å². The fraction of sp³-hybridized carbons (Fsp3) is 0.278. The highest BCUT2D eigenvalue weighted by Gasteiger charge is 2.17. The maximum absolute atomic E-state index is 14.5. The summed E-state index contributed by atoms with van der Waals surface area (Å²) in [5.74, 6) is -2.27. The van der Waals surface area contributed by atoms with E-state index in [0.29, 0.717) is 17.5 Å². The van der Waals surface area contributed by atoms with Crippen LogP contribution in [0.4, 0.5) is 20.2 Å². The number of rotatable bonds is 7. The van der Waals surface area contributed by atoms with E-state index in [9.17, 15) is 13.6 Å². The summed E-state index contributed by atoms with van der Waals surface area (Å²) in [5, 5.41) is 11.6. The van der Waals surface area contributed by atoms with Crippen LogP contribution in [0.5, 0.6) is 0 Å². The summed E-state index contributed by atoms with van der Waals surface area (Å²) in [7, 11) is 3.29. The summed E-state index contributed by atoms with van der Waals surface area (Å²) in [6, 6.07) is 9.85. The first-order valence-corrected chi connectivity index (χ1v) is 7.63. The van der Waals surface area contributed by atoms with Crippen molar-refractivity contribution in [2.75, 3.05) is 30.9 Å². The van der Waals surface area contributed by atoms with Crippen LogP contribution in [0.3, 0.4) is 0 Å². The Morgan fingerprint density at radius 2 is 1.83 bits per heavy atom. The molecule has 0 aromatic heterocycles. The number of nitrogens with zero attached hydrogens (tertiary/aromatic N) is 1. The van der Waals surface area contributed by atoms with Crippen molar-refractivity contribution in [1.82, 2.24) is 0 Å². The Labute approximate surface area is 139 Å². The lowest BCUT2D eigenvalue weighted by Crippen LogP contribution is -2.21. The largest absolute Gasteiger partial charge is 0.481 e. The Bertz CT molecular complexity index is 712. The number of hydrogen-bond donors (Lipinski definition) is 2. The average Bonchev–Trinajstić information content (AvgIpc) is 2.53. The quantitative estimate of drug-likeness (QED) is 0.804. The molecule has 0 unspecified atom stereocenters. The molecule has 0 aliphatic carbocycles. The fourth-order valence-corrected chi connectivity index (χ4v) is 2.62. The summed E-state index contributed by atoms with van der Waals surface area (Å²) >= 11 is 0. The molecule has 6 heteroatoms. The van der Waals surface area contributed by atoms with Gasteiger partial charge < -0.3 is 15.3 Å². The fourth-order valence-electron chi connectivity index (χ4n) is 2.62. The number of anilines is 2. The van der Waals surface area contributed by atoms with E-state index >= 15 is 0 Å². The first-order chi connectivity index (χ1) is 11.4. The van der Waals surface area contributed by atoms with Crippen LogP contribution in [0, 0.1) is 11.6 Å². The molecule has 24 heavy (non-hydrogen) atoms. The van der Waals surface area contributed by atoms with Crippen LogP contribution in [0.1, 0.15) is 12.8 Å². The van der Waals surface area contributed by atoms with Crippen LogP contribution in [-0.2, 0) is 4.79 Å². The monoisotopic (exact) mass is 334 g/mol. The highest BCUT2D eigenvalue weighted by molar-refractivity contribution is 5.79. The van der Waals surface area contributed by atoms with Gasteiger partial charge in [0.05, 0.1) is 0 Å². The average molecular weight is 334 g/mol. The summed E-state index contributed by atoms with van der Waals surface area (Å²) in [6.07, 6.45) is 0.274. The minimum atomic E-state index is -0.927. The van der Waals surface area contributed by atoms with E-state index in [-0.39, 0.29) is 18.7 Å². The normalized spacial score (nSPS) is 10.5. The molecule has 0 fully saturated rings. The van der Waals surface area contributed by atoms with Crippen LogP contribution in [-0.4, -0.2) is 31.7 Å². The van der Waals surface area contributed by atoms with Crippen molar-refractivity contribution >= 4 is 17.3 Å². The second kappa shape index (κ2) is 7.77. The first-order valence-electron chi connectivity index (χ1n) is 7.63. The molecular formula is C18H20F2N2O2. The number of nitrogens with one attached hydrogen (secondary N) is 1. The van der Waals surface area contributed by atoms with Gasteiger partial charge in [-0.05, 0) is 30.2 Å². The maximum Gasteiger partial charge on any atom is 0.303 e. The molecule has 0 saturated carbocycles. The Kier molecular flexibility index (Phi) is 5.73. The van der Waals surface area contributed by atoms with Gasteiger partial charge in [-0.15, -0.1) is 0 Å². The molecule has 2 rings (SSSR count). The van der Waals surface area contributed by atoms with Gasteiger partial charge in [0.2, 0.25) is 0 Å². The Hall–Kier alpha value is -2.63. The third kappa shape index (κ3) is 4.01. The molecule has 2 N–H and O–H groups in total. The number of carboxylic acids is 1. The van der Waals surface area contributed by atoms with Gasteiger partial charge in [0.1, 0.15) is 17.3 Å². The summed E-state index contributed by atoms with van der Waals surface area (Å²) in [4.78, 5) is 11.9. The molecule has 0 radical (unpaired) electrons. The Morgan fingerprint density at radius 1 is 1.21 bits per heavy atom. The summed E-state index contributed by atoms with van der Waals surface area (Å²) < 4.78 is 28.9. The van der Waals surface area contributed by atoms with Crippen LogP contribution >= 0.6 is 0 Å². The Balaban J connectivity index is 2.30. The van der Waals surface area contributed by atoms with Crippen molar-refractivity contribution in [1.29, 1.82) is 0 Å². The smallest absolute Gasteiger partial charge is 0.303 e. The van der Waals surface area contributed by atoms with E-state index in [2.05, 4.69) is 5.32 Å². The third-order valence-corrected chi connectivity index (χ3v) is 3.79. The first kappa shape index (κ1) is 17.7. The molecule has 0 atom stereocenters. The minimum Gasteiger partial charge on any atom is -0.481 e. The number of hydrogen-bond acceptors (Lipinski definition) is 3. The molecule has 2 aromatic carbocycles. The standard InChI is InChI=1S/C18H20F2N2O2/c1-21-16-7-4-3-6-13(16)12-10-14(19)18(15(20)11-12)22(2)9-5-8-17(23)24/h3-4,6-7,10-11,21H,5,8-9H2,1-2H3,(H,23,24). The SMILES string of the molecule is CNc1ccccc1-c1cc(F)c(N(C)CCCC(=O)O)c(F)c1. The molecule has 0 spiro atoms. The highest BCUT2D eigenvalue weighted by Crippen LogP contribution is 2.33. The molecule has 2 aromatic rings. The van der Waals surface area contributed by atoms with Gasteiger partial charge in [-0.2, -0.15) is 0 Å². The zero-order chi connectivity index (χ0) is 17.7. The van der Waals surface area contributed by atoms with E-state index < -0.39 is 17.6 Å². The number of para-hydroxylation sites is 1. The molecule has 0 aliphatic rings. The molecular weight excluding hydrogens is 314 g/mol. The van der Waals surface area contributed by atoms with Crippen molar-refractivity contribution in [3.63, 3.8) is 0 Å². The van der Waals surface area contributed by atoms with E-state index in [1.807, 2.05) is 12.1 Å². The predicted octanol–water partition coefficient (Wildman–Crippen LogP) is 3.97. The van der Waals surface area contributed by atoms with Crippen molar-refractivity contribution in [3.05, 3.63) is 48.0 Å². The number of aliphatic carboxylic acids is 1. The lowest BCUT2D eigenvalue weighted by atomic mass is 10.0. The summed E-state index contributed by atoms with van der Waals surface area (Å²) in [5.41, 5.74) is 1.78. The molecule has 0 saturated heterocycles. The molecule has 0 amide bonds. The molecule has 0 aliphatic heterocycles. The second-order valence-electron chi connectivity index (χ2n) is 5.50. The van der Waals surface area contributed by atoms with Gasteiger partial charge >= 0.3 is 5.97 Å². The third-order valence-electron chi connectivity index (χ3n) is 3.79. The molecule has 128 valence electrons. The predicted molar refractivity (Wildman–Crippen MR) is 91.5 cm³/mol. The van der Waals surface area contributed by atoms with E-state index in [0.717, 1.165) is 5.69 Å². The summed E-state index contributed by atoms with van der Waals surface area (Å²) in [6.45, 7) is 0.257. The number of carbonyl (C=O) groups is 1. The van der Waals surface area contributed by atoms with Gasteiger partial charge in [-0.25, -0.2) is 8.78 Å². The van der Waals surface area contributed by atoms with Crippen molar-refractivity contribution < 1.29 is 18.7 Å². The van der Waals surface area contributed by atoms with Gasteiger partial charge in [-0.3, -0.25) is 4.79 Å². The van der Waals surface area contributed by atoms with E-state index in [4.69, 9.17) is 5.11 Å². The van der Waals surface area contributed by atoms with Crippen molar-refractivity contribution in [2.45, 2.75) is 12.8 Å². The lowest BCUT2D eigenvalue weighted by Gasteiger charge is -2.21. The molecule has 4 nitrogen and oxygen atoms in total. The van der Waals surface area contributed by atoms with Gasteiger partial charge in [0.25, 0.3) is 0 Å².